The molecule has 18 heavy (non-hydrogen) atoms. The number of hydroxylamine groups is 2. The van der Waals surface area contributed by atoms with Crippen LogP contribution in [0.4, 0.5) is 0 Å². The molecule has 0 fully saturated rings. The summed E-state index contributed by atoms with van der Waals surface area (Å²) in [6.07, 6.45) is 8.59. The molecule has 1 aliphatic heterocycles. The van der Waals surface area contributed by atoms with Gasteiger partial charge in [-0.05, 0) is 13.3 Å². The maximum absolute atomic E-state index is 10.2. The van der Waals surface area contributed by atoms with Gasteiger partial charge in [-0.3, -0.25) is 10.2 Å². The highest BCUT2D eigenvalue weighted by molar-refractivity contribution is 5.96. The minimum Gasteiger partial charge on any atom is -0.363 e. The SMILES string of the molecule is CCCCCC1(C)ON=C(c2cnccn2)N1O. The van der Waals surface area contributed by atoms with E-state index in [0.717, 1.165) is 24.3 Å². The zero-order chi connectivity index (χ0) is 13.0. The molecule has 1 aromatic heterocycles. The van der Waals surface area contributed by atoms with Crippen LogP contribution in [0, 0.1) is 0 Å². The molecule has 2 heterocycles. The third-order valence-electron chi connectivity index (χ3n) is 3.01. The van der Waals surface area contributed by atoms with Gasteiger partial charge < -0.3 is 4.84 Å². The molecule has 0 saturated heterocycles. The Kier molecular flexibility index (Phi) is 3.76. The first-order valence-corrected chi connectivity index (χ1v) is 6.19. The number of rotatable bonds is 5. The van der Waals surface area contributed by atoms with E-state index in [1.807, 2.05) is 6.92 Å². The fourth-order valence-electron chi connectivity index (χ4n) is 1.87. The molecular weight excluding hydrogens is 232 g/mol. The zero-order valence-electron chi connectivity index (χ0n) is 10.7. The molecule has 1 unspecified atom stereocenters. The molecule has 0 aromatic carbocycles. The van der Waals surface area contributed by atoms with E-state index in [4.69, 9.17) is 4.84 Å². The lowest BCUT2D eigenvalue weighted by atomic mass is 10.1. The second-order valence-corrected chi connectivity index (χ2v) is 4.54. The number of hydrogen-bond donors (Lipinski definition) is 1. The van der Waals surface area contributed by atoms with E-state index in [-0.39, 0.29) is 0 Å². The standard InChI is InChI=1S/C12H18N4O2/c1-3-4-5-6-12(2)16(17)11(15-18-12)10-9-13-7-8-14-10/h7-9,17H,3-6H2,1-2H3. The van der Waals surface area contributed by atoms with E-state index >= 15 is 0 Å². The van der Waals surface area contributed by atoms with Gasteiger partial charge in [-0.25, -0.2) is 4.98 Å². The first-order chi connectivity index (χ1) is 8.67. The molecule has 0 spiro atoms. The number of hydrogen-bond acceptors (Lipinski definition) is 6. The summed E-state index contributed by atoms with van der Waals surface area (Å²) in [6, 6.07) is 0. The van der Waals surface area contributed by atoms with Gasteiger partial charge in [0.15, 0.2) is 0 Å². The number of amidine groups is 1. The Morgan fingerprint density at radius 3 is 2.89 bits per heavy atom. The topological polar surface area (TPSA) is 70.8 Å². The van der Waals surface area contributed by atoms with E-state index in [2.05, 4.69) is 22.0 Å². The Balaban J connectivity index is 2.05. The zero-order valence-corrected chi connectivity index (χ0v) is 10.7. The lowest BCUT2D eigenvalue weighted by Gasteiger charge is -2.28. The third kappa shape index (κ3) is 2.43. The van der Waals surface area contributed by atoms with Crippen LogP contribution < -0.4 is 0 Å². The quantitative estimate of drug-likeness (QED) is 0.811. The molecule has 0 bridgehead atoms. The first kappa shape index (κ1) is 12.8. The summed E-state index contributed by atoms with van der Waals surface area (Å²) < 4.78 is 0. The van der Waals surface area contributed by atoms with Crippen LogP contribution in [0.2, 0.25) is 0 Å². The monoisotopic (exact) mass is 250 g/mol. The van der Waals surface area contributed by atoms with Crippen molar-refractivity contribution in [1.82, 2.24) is 15.0 Å². The van der Waals surface area contributed by atoms with E-state index < -0.39 is 5.72 Å². The van der Waals surface area contributed by atoms with Crippen molar-refractivity contribution in [2.75, 3.05) is 0 Å². The number of unbranched alkanes of at least 4 members (excludes halogenated alkanes) is 2. The fraction of sp³-hybridized carbons (Fsp3) is 0.583. The first-order valence-electron chi connectivity index (χ1n) is 6.19. The molecule has 98 valence electrons. The minimum absolute atomic E-state index is 0.307. The van der Waals surface area contributed by atoms with Crippen molar-refractivity contribution in [2.45, 2.75) is 45.3 Å². The second kappa shape index (κ2) is 5.30. The molecule has 2 rings (SSSR count). The van der Waals surface area contributed by atoms with Crippen LogP contribution in [0.25, 0.3) is 0 Å². The summed E-state index contributed by atoms with van der Waals surface area (Å²) >= 11 is 0. The molecule has 6 heteroatoms. The maximum atomic E-state index is 10.2. The molecule has 1 N–H and O–H groups in total. The average Bonchev–Trinajstić information content (AvgIpc) is 2.68. The Hall–Kier alpha value is -1.69. The Bertz CT molecular complexity index is 423. The molecule has 0 radical (unpaired) electrons. The van der Waals surface area contributed by atoms with Crippen molar-refractivity contribution >= 4 is 5.84 Å². The minimum atomic E-state index is -0.804. The summed E-state index contributed by atoms with van der Waals surface area (Å²) in [7, 11) is 0. The second-order valence-electron chi connectivity index (χ2n) is 4.54. The van der Waals surface area contributed by atoms with E-state index in [9.17, 15) is 5.21 Å². The fourth-order valence-corrected chi connectivity index (χ4v) is 1.87. The van der Waals surface area contributed by atoms with Gasteiger partial charge in [-0.2, -0.15) is 5.06 Å². The Labute approximate surface area is 106 Å². The van der Waals surface area contributed by atoms with Gasteiger partial charge in [-0.1, -0.05) is 24.9 Å². The van der Waals surface area contributed by atoms with Crippen LogP contribution in [0.15, 0.2) is 23.7 Å². The van der Waals surface area contributed by atoms with Gasteiger partial charge in [0, 0.05) is 18.8 Å². The Morgan fingerprint density at radius 2 is 2.22 bits per heavy atom. The van der Waals surface area contributed by atoms with Crippen molar-refractivity contribution in [3.05, 3.63) is 24.3 Å². The third-order valence-corrected chi connectivity index (χ3v) is 3.01. The summed E-state index contributed by atoms with van der Waals surface area (Å²) in [5.74, 6) is 0.307. The molecule has 6 nitrogen and oxygen atoms in total. The predicted molar refractivity (Wildman–Crippen MR) is 65.8 cm³/mol. The molecule has 1 aromatic rings. The Morgan fingerprint density at radius 1 is 1.39 bits per heavy atom. The van der Waals surface area contributed by atoms with Gasteiger partial charge in [-0.15, -0.1) is 0 Å². The van der Waals surface area contributed by atoms with Crippen LogP contribution in [0.5, 0.6) is 0 Å². The smallest absolute Gasteiger partial charge is 0.231 e. The highest BCUT2D eigenvalue weighted by atomic mass is 16.7. The van der Waals surface area contributed by atoms with Crippen LogP contribution >= 0.6 is 0 Å². The highest BCUT2D eigenvalue weighted by Gasteiger charge is 2.42. The van der Waals surface area contributed by atoms with Gasteiger partial charge in [0.25, 0.3) is 0 Å². The maximum Gasteiger partial charge on any atom is 0.231 e. The molecule has 1 atom stereocenters. The molecule has 1 aliphatic rings. The summed E-state index contributed by atoms with van der Waals surface area (Å²) in [4.78, 5) is 13.4. The van der Waals surface area contributed by atoms with Crippen molar-refractivity contribution < 1.29 is 10.0 Å². The van der Waals surface area contributed by atoms with Crippen LogP contribution in [-0.2, 0) is 4.84 Å². The van der Waals surface area contributed by atoms with Crippen molar-refractivity contribution in [3.8, 4) is 0 Å². The van der Waals surface area contributed by atoms with Crippen LogP contribution in [0.3, 0.4) is 0 Å². The van der Waals surface area contributed by atoms with E-state index in [1.54, 1.807) is 18.6 Å². The van der Waals surface area contributed by atoms with Gasteiger partial charge in [0.1, 0.15) is 5.69 Å². The lowest BCUT2D eigenvalue weighted by Crippen LogP contribution is -2.44. The summed E-state index contributed by atoms with van der Waals surface area (Å²) in [6.45, 7) is 3.95. The number of nitrogens with zero attached hydrogens (tertiary/aromatic N) is 4. The average molecular weight is 250 g/mol. The number of oxime groups is 1. The highest BCUT2D eigenvalue weighted by Crippen LogP contribution is 2.29. The van der Waals surface area contributed by atoms with E-state index in [1.165, 1.54) is 0 Å². The predicted octanol–water partition coefficient (Wildman–Crippen LogP) is 2.16. The molecular formula is C12H18N4O2. The summed E-state index contributed by atoms with van der Waals surface area (Å²) in [5.41, 5.74) is -0.304. The van der Waals surface area contributed by atoms with E-state index in [0.29, 0.717) is 18.0 Å². The van der Waals surface area contributed by atoms with Gasteiger partial charge in [0.05, 0.1) is 6.20 Å². The summed E-state index contributed by atoms with van der Waals surface area (Å²) in [5, 5.41) is 15.1. The normalized spacial score (nSPS) is 22.8. The van der Waals surface area contributed by atoms with Crippen molar-refractivity contribution in [2.24, 2.45) is 5.16 Å². The molecule has 0 amide bonds. The van der Waals surface area contributed by atoms with Gasteiger partial charge >= 0.3 is 0 Å². The van der Waals surface area contributed by atoms with Gasteiger partial charge in [0.2, 0.25) is 11.6 Å². The molecule has 0 aliphatic carbocycles. The van der Waals surface area contributed by atoms with Crippen molar-refractivity contribution in [3.63, 3.8) is 0 Å². The number of aromatic nitrogens is 2. The van der Waals surface area contributed by atoms with Crippen molar-refractivity contribution in [1.29, 1.82) is 0 Å². The lowest BCUT2D eigenvalue weighted by molar-refractivity contribution is -0.207. The van der Waals surface area contributed by atoms with Crippen LogP contribution in [-0.4, -0.2) is 31.8 Å². The van der Waals surface area contributed by atoms with Crippen LogP contribution in [0.1, 0.15) is 45.2 Å². The largest absolute Gasteiger partial charge is 0.363 e. The molecule has 0 saturated carbocycles.